The van der Waals surface area contributed by atoms with E-state index in [1.807, 2.05) is 32.2 Å². The van der Waals surface area contributed by atoms with Crippen molar-refractivity contribution < 1.29 is 14.4 Å². The van der Waals surface area contributed by atoms with Crippen LogP contribution in [0.5, 0.6) is 0 Å². The van der Waals surface area contributed by atoms with Gasteiger partial charge in [0.1, 0.15) is 22.6 Å². The molecule has 1 saturated heterocycles. The van der Waals surface area contributed by atoms with E-state index in [0.29, 0.717) is 23.9 Å². The van der Waals surface area contributed by atoms with E-state index in [2.05, 4.69) is 15.8 Å². The van der Waals surface area contributed by atoms with Gasteiger partial charge >= 0.3 is 0 Å². The standard InChI is InChI=1S/C27H28ClN5O3S/c1-14-21(15(2)36-31-14)17-11-20-22(30-12-17)25-24(26(32-37-25)27(3,4)34)33(20)23(16-7-9-35-10-8-16)19-6-5-18(28)13-29-19/h5-6,11-13,16,23,34H,7-10H2,1-4H3. The Kier molecular flexibility index (Phi) is 6.06. The molecule has 192 valence electrons. The van der Waals surface area contributed by atoms with E-state index in [4.69, 9.17) is 35.2 Å². The van der Waals surface area contributed by atoms with E-state index in [0.717, 1.165) is 62.4 Å². The smallest absolute Gasteiger partial charge is 0.141 e. The third-order valence-electron chi connectivity index (χ3n) is 7.20. The Morgan fingerprint density at radius 3 is 2.59 bits per heavy atom. The van der Waals surface area contributed by atoms with Crippen LogP contribution in [0.15, 0.2) is 35.1 Å². The van der Waals surface area contributed by atoms with Crippen molar-refractivity contribution in [3.05, 3.63) is 58.5 Å². The lowest BCUT2D eigenvalue weighted by Crippen LogP contribution is -2.28. The third-order valence-corrected chi connectivity index (χ3v) is 8.26. The van der Waals surface area contributed by atoms with Gasteiger partial charge in [0, 0.05) is 36.7 Å². The molecule has 1 aliphatic rings. The zero-order chi connectivity index (χ0) is 25.9. The van der Waals surface area contributed by atoms with E-state index in [1.54, 1.807) is 20.0 Å². The summed E-state index contributed by atoms with van der Waals surface area (Å²) in [6.07, 6.45) is 5.35. The second kappa shape index (κ2) is 9.16. The molecule has 6 rings (SSSR count). The van der Waals surface area contributed by atoms with E-state index in [1.165, 1.54) is 11.5 Å². The molecule has 0 saturated carbocycles. The highest BCUT2D eigenvalue weighted by Gasteiger charge is 2.35. The molecule has 0 amide bonds. The van der Waals surface area contributed by atoms with E-state index >= 15 is 0 Å². The minimum Gasteiger partial charge on any atom is -0.384 e. The van der Waals surface area contributed by atoms with Gasteiger partial charge in [0.05, 0.1) is 38.2 Å². The number of hydrogen-bond donors (Lipinski definition) is 1. The quantitative estimate of drug-likeness (QED) is 0.284. The summed E-state index contributed by atoms with van der Waals surface area (Å²) in [6, 6.07) is 5.91. The molecule has 0 radical (unpaired) electrons. The first-order valence-corrected chi connectivity index (χ1v) is 13.5. The third kappa shape index (κ3) is 4.14. The molecule has 1 atom stereocenters. The van der Waals surface area contributed by atoms with Gasteiger partial charge in [-0.1, -0.05) is 16.8 Å². The highest BCUT2D eigenvalue weighted by Crippen LogP contribution is 2.44. The van der Waals surface area contributed by atoms with Crippen molar-refractivity contribution in [2.45, 2.75) is 52.2 Å². The molecule has 1 N–H and O–H groups in total. The highest BCUT2D eigenvalue weighted by atomic mass is 35.5. The monoisotopic (exact) mass is 537 g/mol. The number of aromatic nitrogens is 5. The molecule has 0 aliphatic carbocycles. The van der Waals surface area contributed by atoms with Gasteiger partial charge in [0.25, 0.3) is 0 Å². The van der Waals surface area contributed by atoms with Gasteiger partial charge in [0.2, 0.25) is 0 Å². The fraction of sp³-hybridized carbons (Fsp3) is 0.407. The minimum absolute atomic E-state index is 0.125. The average molecular weight is 538 g/mol. The molecule has 10 heteroatoms. The van der Waals surface area contributed by atoms with Gasteiger partial charge in [-0.2, -0.15) is 4.37 Å². The number of aliphatic hydroxyl groups is 1. The lowest BCUT2D eigenvalue weighted by molar-refractivity contribution is 0.0543. The number of ether oxygens (including phenoxy) is 1. The number of halogens is 1. The Labute approximate surface area is 223 Å². The van der Waals surface area contributed by atoms with Crippen LogP contribution in [0.2, 0.25) is 5.02 Å². The normalized spacial score (nSPS) is 16.2. The zero-order valence-electron chi connectivity index (χ0n) is 21.2. The summed E-state index contributed by atoms with van der Waals surface area (Å²) in [5.41, 5.74) is 5.80. The lowest BCUT2D eigenvalue weighted by Gasteiger charge is -2.32. The van der Waals surface area contributed by atoms with Crippen molar-refractivity contribution in [2.75, 3.05) is 13.2 Å². The molecule has 6 heterocycles. The summed E-state index contributed by atoms with van der Waals surface area (Å²) >= 11 is 7.61. The van der Waals surface area contributed by atoms with Crippen LogP contribution in [0, 0.1) is 19.8 Å². The average Bonchev–Trinajstić information content (AvgIpc) is 3.54. The van der Waals surface area contributed by atoms with Gasteiger partial charge in [-0.05, 0) is 76.2 Å². The van der Waals surface area contributed by atoms with Crippen molar-refractivity contribution in [3.8, 4) is 11.1 Å². The zero-order valence-corrected chi connectivity index (χ0v) is 22.7. The molecule has 1 fully saturated rings. The summed E-state index contributed by atoms with van der Waals surface area (Å²) in [4.78, 5) is 9.71. The maximum absolute atomic E-state index is 11.1. The lowest BCUT2D eigenvalue weighted by atomic mass is 9.88. The van der Waals surface area contributed by atoms with Crippen LogP contribution in [0.3, 0.4) is 0 Å². The number of aryl methyl sites for hydroxylation is 2. The van der Waals surface area contributed by atoms with E-state index < -0.39 is 5.60 Å². The van der Waals surface area contributed by atoms with Gasteiger partial charge < -0.3 is 18.9 Å². The van der Waals surface area contributed by atoms with Crippen molar-refractivity contribution >= 4 is 44.4 Å². The predicted octanol–water partition coefficient (Wildman–Crippen LogP) is 6.21. The Morgan fingerprint density at radius 1 is 1.16 bits per heavy atom. The largest absolute Gasteiger partial charge is 0.384 e. The second-order valence-electron chi connectivity index (χ2n) is 10.2. The van der Waals surface area contributed by atoms with E-state index in [9.17, 15) is 5.11 Å². The maximum Gasteiger partial charge on any atom is 0.141 e. The van der Waals surface area contributed by atoms with E-state index in [-0.39, 0.29) is 12.0 Å². The fourth-order valence-corrected chi connectivity index (χ4v) is 6.63. The van der Waals surface area contributed by atoms with Gasteiger partial charge in [-0.3, -0.25) is 9.97 Å². The molecular formula is C27H28ClN5O3S. The Bertz CT molecular complexity index is 1570. The summed E-state index contributed by atoms with van der Waals surface area (Å²) in [5.74, 6) is 1.01. The van der Waals surface area contributed by atoms with Crippen LogP contribution < -0.4 is 0 Å². The Hall–Kier alpha value is -2.85. The van der Waals surface area contributed by atoms with Crippen LogP contribution in [-0.4, -0.2) is 42.4 Å². The summed E-state index contributed by atoms with van der Waals surface area (Å²) in [7, 11) is 0. The molecular weight excluding hydrogens is 510 g/mol. The molecule has 1 aliphatic heterocycles. The molecule has 5 aromatic heterocycles. The summed E-state index contributed by atoms with van der Waals surface area (Å²) in [6.45, 7) is 8.79. The van der Waals surface area contributed by atoms with Crippen molar-refractivity contribution in [1.82, 2.24) is 24.1 Å². The van der Waals surface area contributed by atoms with Crippen molar-refractivity contribution in [1.29, 1.82) is 0 Å². The molecule has 37 heavy (non-hydrogen) atoms. The van der Waals surface area contributed by atoms with Gasteiger partial charge in [-0.15, -0.1) is 0 Å². The Balaban J connectivity index is 1.70. The topological polar surface area (TPSA) is 99.1 Å². The first kappa shape index (κ1) is 24.5. The second-order valence-corrected chi connectivity index (χ2v) is 11.4. The SMILES string of the molecule is Cc1noc(C)c1-c1cnc2c3snc(C(C)(C)O)c3n(C(c3ccc(Cl)cn3)C3CCOCC3)c2c1. The van der Waals surface area contributed by atoms with Crippen LogP contribution in [-0.2, 0) is 10.3 Å². The number of fused-ring (bicyclic) bond motifs is 3. The van der Waals surface area contributed by atoms with Crippen molar-refractivity contribution in [2.24, 2.45) is 5.92 Å². The molecule has 0 spiro atoms. The highest BCUT2D eigenvalue weighted by molar-refractivity contribution is 7.14. The molecule has 1 unspecified atom stereocenters. The van der Waals surface area contributed by atoms with Gasteiger partial charge in [-0.25, -0.2) is 0 Å². The fourth-order valence-electron chi connectivity index (χ4n) is 5.50. The predicted molar refractivity (Wildman–Crippen MR) is 144 cm³/mol. The van der Waals surface area contributed by atoms with Crippen LogP contribution in [0.4, 0.5) is 0 Å². The number of pyridine rings is 2. The minimum atomic E-state index is -1.14. The van der Waals surface area contributed by atoms with Crippen LogP contribution >= 0.6 is 23.1 Å². The number of nitrogens with zero attached hydrogens (tertiary/aromatic N) is 5. The molecule has 0 bridgehead atoms. The first-order valence-electron chi connectivity index (χ1n) is 12.4. The maximum atomic E-state index is 11.1. The Morgan fingerprint density at radius 2 is 1.95 bits per heavy atom. The van der Waals surface area contributed by atoms with Crippen LogP contribution in [0.25, 0.3) is 32.4 Å². The first-order chi connectivity index (χ1) is 17.7. The molecule has 5 aromatic rings. The van der Waals surface area contributed by atoms with Gasteiger partial charge in [0.15, 0.2) is 0 Å². The summed E-state index contributed by atoms with van der Waals surface area (Å²) in [5, 5.41) is 15.9. The molecule has 8 nitrogen and oxygen atoms in total. The number of rotatable bonds is 5. The van der Waals surface area contributed by atoms with Crippen molar-refractivity contribution in [3.63, 3.8) is 0 Å². The van der Waals surface area contributed by atoms with Crippen LogP contribution in [0.1, 0.15) is 55.6 Å². The summed E-state index contributed by atoms with van der Waals surface area (Å²) < 4.78 is 19.1. The number of hydrogen-bond acceptors (Lipinski definition) is 8. The molecule has 0 aromatic carbocycles.